The summed E-state index contributed by atoms with van der Waals surface area (Å²) in [6, 6.07) is 0. The number of hydrogen-bond acceptors (Lipinski definition) is 3. The largest absolute Gasteiger partial charge is 0.409 e. The van der Waals surface area contributed by atoms with Crippen LogP contribution in [0.3, 0.4) is 0 Å². The molecule has 0 aromatic carbocycles. The summed E-state index contributed by atoms with van der Waals surface area (Å²) in [4.78, 5) is 0.719. The third kappa shape index (κ3) is 3.99. The van der Waals surface area contributed by atoms with Gasteiger partial charge in [-0.2, -0.15) is 28.2 Å². The van der Waals surface area contributed by atoms with Crippen molar-refractivity contribution in [3.63, 3.8) is 0 Å². The molecule has 0 radical (unpaired) electrons. The van der Waals surface area contributed by atoms with E-state index in [1.54, 1.807) is 0 Å². The Kier molecular flexibility index (Phi) is 3.66. The van der Waals surface area contributed by atoms with Gasteiger partial charge in [-0.3, -0.25) is 0 Å². The van der Waals surface area contributed by atoms with E-state index < -0.39 is 12.7 Å². The predicted octanol–water partition coefficient (Wildman–Crippen LogP) is 1.38. The summed E-state index contributed by atoms with van der Waals surface area (Å²) in [6.45, 7) is 0.835. The molecule has 1 N–H and O–H groups in total. The highest BCUT2D eigenvalue weighted by Gasteiger charge is 2.29. The van der Waals surface area contributed by atoms with Crippen LogP contribution >= 0.6 is 0 Å². The molecule has 4 nitrogen and oxygen atoms in total. The van der Waals surface area contributed by atoms with E-state index in [0.29, 0.717) is 11.6 Å². The van der Waals surface area contributed by atoms with Gasteiger partial charge in [0.25, 0.3) is 0 Å². The minimum absolute atomic E-state index is 0.507. The highest BCUT2D eigenvalue weighted by atomic mass is 19.4. The van der Waals surface area contributed by atoms with E-state index in [-0.39, 0.29) is 0 Å². The molecule has 7 heteroatoms. The first-order chi connectivity index (χ1) is 8.03. The maximum Gasteiger partial charge on any atom is 0.409 e. The number of rotatable bonds is 3. The topological polar surface area (TPSA) is 42.7 Å². The lowest BCUT2D eigenvalue weighted by molar-refractivity contribution is -0.144. The first-order valence-electron chi connectivity index (χ1n) is 5.69. The second-order valence-electron chi connectivity index (χ2n) is 4.38. The molecule has 17 heavy (non-hydrogen) atoms. The van der Waals surface area contributed by atoms with E-state index in [2.05, 4.69) is 15.5 Å². The monoisotopic (exact) mass is 248 g/mol. The number of aromatic nitrogens is 3. The molecule has 2 heterocycles. The molecule has 1 saturated heterocycles. The van der Waals surface area contributed by atoms with Gasteiger partial charge in [0.05, 0.1) is 11.9 Å². The van der Waals surface area contributed by atoms with Crippen molar-refractivity contribution in [2.75, 3.05) is 13.1 Å². The molecule has 1 fully saturated rings. The van der Waals surface area contributed by atoms with Crippen LogP contribution in [-0.4, -0.2) is 34.3 Å². The summed E-state index contributed by atoms with van der Waals surface area (Å²) in [5.74, 6) is 0.507. The Labute approximate surface area is 97.2 Å². The fourth-order valence-corrected chi connectivity index (χ4v) is 2.04. The van der Waals surface area contributed by atoms with Crippen molar-refractivity contribution in [3.05, 3.63) is 11.9 Å². The fraction of sp³-hybridized carbons (Fsp3) is 0.800. The lowest BCUT2D eigenvalue weighted by Crippen LogP contribution is -2.28. The van der Waals surface area contributed by atoms with Crippen LogP contribution in [0.1, 0.15) is 18.5 Å². The minimum Gasteiger partial charge on any atom is -0.317 e. The van der Waals surface area contributed by atoms with Crippen molar-refractivity contribution in [2.45, 2.75) is 32.0 Å². The van der Waals surface area contributed by atoms with Gasteiger partial charge in [-0.15, -0.1) is 0 Å². The number of hydrogen-bond donors (Lipinski definition) is 1. The van der Waals surface area contributed by atoms with Gasteiger partial charge in [-0.25, -0.2) is 0 Å². The number of nitrogens with zero attached hydrogens (tertiary/aromatic N) is 3. The Morgan fingerprint density at radius 3 is 2.71 bits per heavy atom. The zero-order valence-electron chi connectivity index (χ0n) is 9.37. The van der Waals surface area contributed by atoms with Crippen molar-refractivity contribution < 1.29 is 13.2 Å². The highest BCUT2D eigenvalue weighted by molar-refractivity contribution is 4.94. The zero-order chi connectivity index (χ0) is 12.3. The van der Waals surface area contributed by atoms with Gasteiger partial charge in [0.1, 0.15) is 0 Å². The lowest BCUT2D eigenvalue weighted by atomic mass is 9.93. The Hall–Kier alpha value is -1.11. The minimum atomic E-state index is -4.26. The molecule has 0 saturated carbocycles. The van der Waals surface area contributed by atoms with E-state index in [1.165, 1.54) is 6.20 Å². The van der Waals surface area contributed by atoms with E-state index >= 15 is 0 Å². The molecule has 0 unspecified atom stereocenters. The van der Waals surface area contributed by atoms with Crippen LogP contribution in [0.2, 0.25) is 0 Å². The average Bonchev–Trinajstić information content (AvgIpc) is 2.64. The Morgan fingerprint density at radius 1 is 1.35 bits per heavy atom. The summed E-state index contributed by atoms with van der Waals surface area (Å²) in [5.41, 5.74) is 0.654. The number of piperidine rings is 1. The van der Waals surface area contributed by atoms with Gasteiger partial charge < -0.3 is 5.32 Å². The maximum atomic E-state index is 12.1. The third-order valence-electron chi connectivity index (χ3n) is 2.86. The van der Waals surface area contributed by atoms with Gasteiger partial charge in [0.2, 0.25) is 0 Å². The van der Waals surface area contributed by atoms with E-state index in [4.69, 9.17) is 0 Å². The molecule has 2 rings (SSSR count). The molecule has 0 atom stereocenters. The first kappa shape index (κ1) is 12.3. The third-order valence-corrected chi connectivity index (χ3v) is 2.86. The standard InChI is InChI=1S/C10H15F3N4/c11-10(12,13)7-17-15-6-9(16-17)5-8-1-3-14-4-2-8/h6,8,14H,1-5,7H2. The summed E-state index contributed by atoms with van der Waals surface area (Å²) in [6.07, 6.45) is -0.00335. The SMILES string of the molecule is FC(F)(F)Cn1ncc(CC2CCNCC2)n1. The molecule has 1 aromatic rings. The van der Waals surface area contributed by atoms with Crippen LogP contribution in [0.25, 0.3) is 0 Å². The summed E-state index contributed by atoms with van der Waals surface area (Å²) in [7, 11) is 0. The van der Waals surface area contributed by atoms with Gasteiger partial charge >= 0.3 is 6.18 Å². The van der Waals surface area contributed by atoms with Crippen molar-refractivity contribution in [2.24, 2.45) is 5.92 Å². The number of nitrogens with one attached hydrogen (secondary N) is 1. The Bertz CT molecular complexity index is 355. The molecule has 1 aliphatic heterocycles. The molecule has 96 valence electrons. The Balaban J connectivity index is 1.89. The Morgan fingerprint density at radius 2 is 2.06 bits per heavy atom. The van der Waals surface area contributed by atoms with Crippen LogP contribution in [0, 0.1) is 5.92 Å². The molecular formula is C10H15F3N4. The second-order valence-corrected chi connectivity index (χ2v) is 4.38. The van der Waals surface area contributed by atoms with Crippen LogP contribution in [0.4, 0.5) is 13.2 Å². The molecule has 1 aliphatic rings. The molecule has 0 aliphatic carbocycles. The van der Waals surface area contributed by atoms with Gasteiger partial charge in [0.15, 0.2) is 6.54 Å². The molecular weight excluding hydrogens is 233 g/mol. The second kappa shape index (κ2) is 5.03. The van der Waals surface area contributed by atoms with Crippen molar-refractivity contribution in [1.29, 1.82) is 0 Å². The van der Waals surface area contributed by atoms with Gasteiger partial charge in [-0.1, -0.05) is 0 Å². The zero-order valence-corrected chi connectivity index (χ0v) is 9.37. The fourth-order valence-electron chi connectivity index (χ4n) is 2.04. The van der Waals surface area contributed by atoms with Crippen LogP contribution < -0.4 is 5.32 Å². The molecule has 0 amide bonds. The van der Waals surface area contributed by atoms with E-state index in [9.17, 15) is 13.2 Å². The predicted molar refractivity (Wildman–Crippen MR) is 55.4 cm³/mol. The first-order valence-corrected chi connectivity index (χ1v) is 5.69. The smallest absolute Gasteiger partial charge is 0.317 e. The van der Waals surface area contributed by atoms with Crippen molar-refractivity contribution in [3.8, 4) is 0 Å². The van der Waals surface area contributed by atoms with Gasteiger partial charge in [0, 0.05) is 0 Å². The van der Waals surface area contributed by atoms with Crippen LogP contribution in [-0.2, 0) is 13.0 Å². The molecule has 0 bridgehead atoms. The quantitative estimate of drug-likeness (QED) is 0.878. The van der Waals surface area contributed by atoms with Crippen LogP contribution in [0.5, 0.6) is 0 Å². The van der Waals surface area contributed by atoms with E-state index in [1.807, 2.05) is 0 Å². The summed E-state index contributed by atoms with van der Waals surface area (Å²) in [5, 5.41) is 10.7. The van der Waals surface area contributed by atoms with Gasteiger partial charge in [-0.05, 0) is 38.3 Å². The highest BCUT2D eigenvalue weighted by Crippen LogP contribution is 2.18. The maximum absolute atomic E-state index is 12.1. The molecule has 0 spiro atoms. The summed E-state index contributed by atoms with van der Waals surface area (Å²) >= 11 is 0. The summed E-state index contributed by atoms with van der Waals surface area (Å²) < 4.78 is 36.3. The molecule has 1 aromatic heterocycles. The number of halogens is 3. The van der Waals surface area contributed by atoms with E-state index in [0.717, 1.165) is 37.1 Å². The van der Waals surface area contributed by atoms with Crippen LogP contribution in [0.15, 0.2) is 6.20 Å². The average molecular weight is 248 g/mol. The number of alkyl halides is 3. The van der Waals surface area contributed by atoms with Crippen molar-refractivity contribution >= 4 is 0 Å². The lowest BCUT2D eigenvalue weighted by Gasteiger charge is -2.21. The normalized spacial score (nSPS) is 18.5. The van der Waals surface area contributed by atoms with Crippen molar-refractivity contribution in [1.82, 2.24) is 20.3 Å².